The third-order valence-corrected chi connectivity index (χ3v) is 5.15. The van der Waals surface area contributed by atoms with Crippen LogP contribution in [-0.4, -0.2) is 74.1 Å². The van der Waals surface area contributed by atoms with Crippen molar-refractivity contribution in [2.75, 3.05) is 57.8 Å². The number of anilines is 1. The van der Waals surface area contributed by atoms with Gasteiger partial charge >= 0.3 is 0 Å². The van der Waals surface area contributed by atoms with E-state index in [1.54, 1.807) is 0 Å². The van der Waals surface area contributed by atoms with Crippen molar-refractivity contribution < 1.29 is 14.3 Å². The van der Waals surface area contributed by atoms with Gasteiger partial charge in [-0.2, -0.15) is 0 Å². The van der Waals surface area contributed by atoms with Crippen LogP contribution in [0.5, 0.6) is 0 Å². The van der Waals surface area contributed by atoms with Crippen LogP contribution in [0.3, 0.4) is 0 Å². The first-order chi connectivity index (χ1) is 13.2. The van der Waals surface area contributed by atoms with E-state index in [1.165, 1.54) is 0 Å². The topological polar surface area (TPSA) is 73.9 Å². The predicted molar refractivity (Wildman–Crippen MR) is 104 cm³/mol. The first-order valence-electron chi connectivity index (χ1n) is 9.84. The van der Waals surface area contributed by atoms with E-state index in [0.717, 1.165) is 57.2 Å². The zero-order valence-corrected chi connectivity index (χ0v) is 16.1. The summed E-state index contributed by atoms with van der Waals surface area (Å²) in [5.41, 5.74) is 1.92. The van der Waals surface area contributed by atoms with Crippen molar-refractivity contribution in [1.29, 1.82) is 0 Å². The van der Waals surface area contributed by atoms with Gasteiger partial charge in [0.2, 0.25) is 11.8 Å². The number of ether oxygens (including phenoxy) is 1. The maximum atomic E-state index is 12.6. The minimum absolute atomic E-state index is 0.0715. The Balaban J connectivity index is 1.48. The molecule has 2 saturated heterocycles. The smallest absolute Gasteiger partial charge is 0.229 e. The standard InChI is InChI=1S/C20H30N4O3/c1-2-21-14-16-4-3-5-18(12-16)22-20(26)17-13-19(25)24(15-17)7-6-23-8-10-27-11-9-23/h3-5,12,17,21H,2,6-11,13-15H2,1H3,(H,22,26). The van der Waals surface area contributed by atoms with Crippen molar-refractivity contribution in [3.63, 3.8) is 0 Å². The Labute approximate surface area is 161 Å². The number of nitrogens with zero attached hydrogens (tertiary/aromatic N) is 2. The molecule has 2 aliphatic heterocycles. The van der Waals surface area contributed by atoms with Gasteiger partial charge in [-0.05, 0) is 24.2 Å². The summed E-state index contributed by atoms with van der Waals surface area (Å²) in [7, 11) is 0. The molecule has 7 nitrogen and oxygen atoms in total. The van der Waals surface area contributed by atoms with Crippen LogP contribution in [0, 0.1) is 5.92 Å². The molecule has 7 heteroatoms. The number of likely N-dealkylation sites (tertiary alicyclic amines) is 1. The quantitative estimate of drug-likeness (QED) is 0.708. The second-order valence-electron chi connectivity index (χ2n) is 7.16. The van der Waals surface area contributed by atoms with Crippen LogP contribution < -0.4 is 10.6 Å². The summed E-state index contributed by atoms with van der Waals surface area (Å²) in [6.07, 6.45) is 0.298. The molecule has 2 aliphatic rings. The Hall–Kier alpha value is -1.96. The van der Waals surface area contributed by atoms with E-state index in [-0.39, 0.29) is 17.7 Å². The molecule has 3 rings (SSSR count). The van der Waals surface area contributed by atoms with Crippen molar-refractivity contribution in [1.82, 2.24) is 15.1 Å². The van der Waals surface area contributed by atoms with Gasteiger partial charge in [-0.25, -0.2) is 0 Å². The molecule has 2 fully saturated rings. The molecule has 0 aliphatic carbocycles. The molecule has 0 saturated carbocycles. The summed E-state index contributed by atoms with van der Waals surface area (Å²) in [5, 5.41) is 6.25. The zero-order chi connectivity index (χ0) is 19.1. The molecule has 1 aromatic rings. The summed E-state index contributed by atoms with van der Waals surface area (Å²) in [6, 6.07) is 7.84. The van der Waals surface area contributed by atoms with E-state index in [1.807, 2.05) is 29.2 Å². The van der Waals surface area contributed by atoms with E-state index in [9.17, 15) is 9.59 Å². The molecule has 0 spiro atoms. The second kappa shape index (κ2) is 9.82. The highest BCUT2D eigenvalue weighted by Gasteiger charge is 2.34. The Kier molecular flexibility index (Phi) is 7.20. The van der Waals surface area contributed by atoms with E-state index in [0.29, 0.717) is 19.5 Å². The molecule has 2 amide bonds. The van der Waals surface area contributed by atoms with E-state index >= 15 is 0 Å². The average molecular weight is 374 g/mol. The van der Waals surface area contributed by atoms with Crippen molar-refractivity contribution >= 4 is 17.5 Å². The maximum absolute atomic E-state index is 12.6. The average Bonchev–Trinajstić information content (AvgIpc) is 3.07. The number of nitrogens with one attached hydrogen (secondary N) is 2. The molecular weight excluding hydrogens is 344 g/mol. The summed E-state index contributed by atoms with van der Waals surface area (Å²) in [4.78, 5) is 29.0. The van der Waals surface area contributed by atoms with Crippen LogP contribution in [0.4, 0.5) is 5.69 Å². The van der Waals surface area contributed by atoms with Crippen molar-refractivity contribution in [2.45, 2.75) is 19.9 Å². The van der Waals surface area contributed by atoms with Crippen molar-refractivity contribution in [2.24, 2.45) is 5.92 Å². The highest BCUT2D eigenvalue weighted by molar-refractivity contribution is 5.97. The van der Waals surface area contributed by atoms with Crippen LogP contribution in [0.1, 0.15) is 18.9 Å². The number of morpholine rings is 1. The lowest BCUT2D eigenvalue weighted by Crippen LogP contribution is -2.42. The van der Waals surface area contributed by atoms with Gasteiger partial charge < -0.3 is 20.3 Å². The number of carbonyl (C=O) groups is 2. The predicted octanol–water partition coefficient (Wildman–Crippen LogP) is 0.915. The maximum Gasteiger partial charge on any atom is 0.229 e. The summed E-state index contributed by atoms with van der Waals surface area (Å²) in [5.74, 6) is -0.276. The van der Waals surface area contributed by atoms with Crippen LogP contribution in [-0.2, 0) is 20.9 Å². The number of carbonyl (C=O) groups excluding carboxylic acids is 2. The number of hydrogen-bond acceptors (Lipinski definition) is 5. The Morgan fingerprint density at radius 3 is 2.85 bits per heavy atom. The van der Waals surface area contributed by atoms with Gasteiger partial charge in [-0.15, -0.1) is 0 Å². The first kappa shape index (κ1) is 19.8. The van der Waals surface area contributed by atoms with Crippen LogP contribution in [0.2, 0.25) is 0 Å². The third-order valence-electron chi connectivity index (χ3n) is 5.15. The summed E-state index contributed by atoms with van der Waals surface area (Å²) >= 11 is 0. The van der Waals surface area contributed by atoms with Crippen LogP contribution >= 0.6 is 0 Å². The van der Waals surface area contributed by atoms with E-state index in [2.05, 4.69) is 22.5 Å². The summed E-state index contributed by atoms with van der Waals surface area (Å²) in [6.45, 7) is 9.11. The molecule has 0 radical (unpaired) electrons. The SMILES string of the molecule is CCNCc1cccc(NC(=O)C2CC(=O)N(CCN3CCOCC3)C2)c1. The normalized spacial score (nSPS) is 20.9. The molecule has 1 atom stereocenters. The van der Waals surface area contributed by atoms with Crippen LogP contribution in [0.15, 0.2) is 24.3 Å². The molecule has 2 N–H and O–H groups in total. The lowest BCUT2D eigenvalue weighted by Gasteiger charge is -2.28. The van der Waals surface area contributed by atoms with Crippen molar-refractivity contribution in [3.05, 3.63) is 29.8 Å². The van der Waals surface area contributed by atoms with E-state index < -0.39 is 0 Å². The molecule has 2 heterocycles. The first-order valence-corrected chi connectivity index (χ1v) is 9.84. The second-order valence-corrected chi connectivity index (χ2v) is 7.16. The fourth-order valence-corrected chi connectivity index (χ4v) is 3.52. The number of hydrogen-bond donors (Lipinski definition) is 2. The van der Waals surface area contributed by atoms with Gasteiger partial charge in [0.05, 0.1) is 19.1 Å². The fourth-order valence-electron chi connectivity index (χ4n) is 3.52. The Morgan fingerprint density at radius 2 is 2.07 bits per heavy atom. The lowest BCUT2D eigenvalue weighted by molar-refractivity contribution is -0.128. The van der Waals surface area contributed by atoms with Gasteiger partial charge in [0, 0.05) is 51.4 Å². The number of benzene rings is 1. The van der Waals surface area contributed by atoms with Crippen LogP contribution in [0.25, 0.3) is 0 Å². The molecule has 0 aromatic heterocycles. The minimum atomic E-state index is -0.278. The highest BCUT2D eigenvalue weighted by Crippen LogP contribution is 2.20. The van der Waals surface area contributed by atoms with Crippen molar-refractivity contribution in [3.8, 4) is 0 Å². The van der Waals surface area contributed by atoms with Gasteiger partial charge in [-0.1, -0.05) is 19.1 Å². The monoisotopic (exact) mass is 374 g/mol. The fraction of sp³-hybridized carbons (Fsp3) is 0.600. The van der Waals surface area contributed by atoms with Gasteiger partial charge in [0.1, 0.15) is 0 Å². The molecule has 0 bridgehead atoms. The van der Waals surface area contributed by atoms with Gasteiger partial charge in [-0.3, -0.25) is 14.5 Å². The summed E-state index contributed by atoms with van der Waals surface area (Å²) < 4.78 is 5.35. The molecular formula is C20H30N4O3. The Morgan fingerprint density at radius 1 is 1.26 bits per heavy atom. The minimum Gasteiger partial charge on any atom is -0.379 e. The zero-order valence-electron chi connectivity index (χ0n) is 16.1. The molecule has 1 aromatic carbocycles. The van der Waals surface area contributed by atoms with E-state index in [4.69, 9.17) is 4.74 Å². The Bertz CT molecular complexity index is 646. The largest absolute Gasteiger partial charge is 0.379 e. The molecule has 27 heavy (non-hydrogen) atoms. The highest BCUT2D eigenvalue weighted by atomic mass is 16.5. The van der Waals surface area contributed by atoms with Gasteiger partial charge in [0.15, 0.2) is 0 Å². The third kappa shape index (κ3) is 5.76. The lowest BCUT2D eigenvalue weighted by atomic mass is 10.1. The number of rotatable bonds is 8. The van der Waals surface area contributed by atoms with Gasteiger partial charge in [0.25, 0.3) is 0 Å². The number of amides is 2. The molecule has 1 unspecified atom stereocenters. The molecule has 148 valence electrons.